The lowest BCUT2D eigenvalue weighted by molar-refractivity contribution is 0.249. The molecule has 1 aromatic carbocycles. The number of nitrogens with zero attached hydrogens (tertiary/aromatic N) is 1. The third-order valence-corrected chi connectivity index (χ3v) is 3.41. The van der Waals surface area contributed by atoms with E-state index in [0.29, 0.717) is 11.6 Å². The molecule has 0 radical (unpaired) electrons. The summed E-state index contributed by atoms with van der Waals surface area (Å²) in [5.41, 5.74) is 7.29. The maximum absolute atomic E-state index is 12.9. The summed E-state index contributed by atoms with van der Waals surface area (Å²) in [6.07, 6.45) is 2.00. The molecule has 17 heavy (non-hydrogen) atoms. The van der Waals surface area contributed by atoms with Crippen molar-refractivity contribution in [1.29, 1.82) is 0 Å². The Labute approximate surface area is 101 Å². The number of anilines is 1. The van der Waals surface area contributed by atoms with Crippen molar-refractivity contribution in [3.05, 3.63) is 29.6 Å². The number of rotatable bonds is 4. The third kappa shape index (κ3) is 3.17. The lowest BCUT2D eigenvalue weighted by atomic mass is 10.1. The van der Waals surface area contributed by atoms with Crippen LogP contribution in [-0.2, 0) is 6.54 Å². The molecule has 1 saturated heterocycles. The minimum atomic E-state index is -0.286. The molecule has 1 aliphatic rings. The van der Waals surface area contributed by atoms with Gasteiger partial charge in [0.25, 0.3) is 0 Å². The van der Waals surface area contributed by atoms with E-state index in [-0.39, 0.29) is 12.4 Å². The number of hydrogen-bond donors (Lipinski definition) is 2. The highest BCUT2D eigenvalue weighted by atomic mass is 19.1. The monoisotopic (exact) mass is 238 g/mol. The zero-order chi connectivity index (χ0) is 12.3. The Morgan fingerprint density at radius 2 is 2.29 bits per heavy atom. The first-order valence-electron chi connectivity index (χ1n) is 6.06. The topological polar surface area (TPSA) is 49.5 Å². The Morgan fingerprint density at radius 3 is 3.00 bits per heavy atom. The van der Waals surface area contributed by atoms with Gasteiger partial charge in [-0.2, -0.15) is 0 Å². The largest absolute Gasteiger partial charge is 0.398 e. The van der Waals surface area contributed by atoms with Crippen molar-refractivity contribution in [3.63, 3.8) is 0 Å². The van der Waals surface area contributed by atoms with Crippen LogP contribution in [0.1, 0.15) is 18.4 Å². The van der Waals surface area contributed by atoms with Crippen LogP contribution in [0, 0.1) is 11.7 Å². The van der Waals surface area contributed by atoms with Crippen LogP contribution in [0.5, 0.6) is 0 Å². The summed E-state index contributed by atoms with van der Waals surface area (Å²) in [5, 5.41) is 8.90. The summed E-state index contributed by atoms with van der Waals surface area (Å²) in [6.45, 7) is 3.06. The van der Waals surface area contributed by atoms with Gasteiger partial charge in [-0.05, 0) is 43.0 Å². The van der Waals surface area contributed by atoms with E-state index in [1.807, 2.05) is 0 Å². The number of hydrogen-bond acceptors (Lipinski definition) is 3. The van der Waals surface area contributed by atoms with Crippen LogP contribution in [-0.4, -0.2) is 29.7 Å². The molecule has 0 spiro atoms. The molecule has 2 rings (SSSR count). The van der Waals surface area contributed by atoms with Gasteiger partial charge in [-0.15, -0.1) is 0 Å². The number of nitrogens with two attached hydrogens (primary N) is 1. The molecule has 1 atom stereocenters. The highest BCUT2D eigenvalue weighted by Crippen LogP contribution is 2.23. The first-order chi connectivity index (χ1) is 8.19. The van der Waals surface area contributed by atoms with Crippen molar-refractivity contribution in [2.45, 2.75) is 19.4 Å². The molecule has 0 saturated carbocycles. The lowest BCUT2D eigenvalue weighted by Gasteiger charge is -2.17. The normalized spacial score (nSPS) is 20.9. The van der Waals surface area contributed by atoms with Crippen LogP contribution in [0.3, 0.4) is 0 Å². The van der Waals surface area contributed by atoms with E-state index < -0.39 is 0 Å². The Kier molecular flexibility index (Phi) is 3.97. The van der Waals surface area contributed by atoms with Crippen LogP contribution < -0.4 is 5.73 Å². The quantitative estimate of drug-likeness (QED) is 0.784. The van der Waals surface area contributed by atoms with Crippen molar-refractivity contribution in [1.82, 2.24) is 4.90 Å². The van der Waals surface area contributed by atoms with Crippen molar-refractivity contribution in [2.24, 2.45) is 5.92 Å². The molecule has 3 N–H and O–H groups in total. The van der Waals surface area contributed by atoms with Crippen LogP contribution in [0.15, 0.2) is 18.2 Å². The van der Waals surface area contributed by atoms with Crippen molar-refractivity contribution in [3.8, 4) is 0 Å². The van der Waals surface area contributed by atoms with Crippen LogP contribution in [0.25, 0.3) is 0 Å². The number of halogens is 1. The molecule has 1 aromatic rings. The number of benzene rings is 1. The molecule has 0 aromatic heterocycles. The van der Waals surface area contributed by atoms with Gasteiger partial charge in [-0.1, -0.05) is 6.07 Å². The number of aliphatic hydroxyl groups excluding tert-OH is 1. The van der Waals surface area contributed by atoms with Gasteiger partial charge in [0.2, 0.25) is 0 Å². The second-order valence-corrected chi connectivity index (χ2v) is 4.75. The Hall–Kier alpha value is -1.13. The number of nitrogen functional groups attached to an aromatic ring is 1. The van der Waals surface area contributed by atoms with Gasteiger partial charge in [0.1, 0.15) is 5.82 Å². The molecule has 0 aliphatic carbocycles. The first kappa shape index (κ1) is 12.3. The minimum Gasteiger partial charge on any atom is -0.398 e. The number of likely N-dealkylation sites (tertiary alicyclic amines) is 1. The fraction of sp³-hybridized carbons (Fsp3) is 0.538. The molecule has 1 aliphatic heterocycles. The summed E-state index contributed by atoms with van der Waals surface area (Å²) in [5.74, 6) is 0.299. The van der Waals surface area contributed by atoms with Gasteiger partial charge >= 0.3 is 0 Å². The van der Waals surface area contributed by atoms with Crippen LogP contribution in [0.2, 0.25) is 0 Å². The second-order valence-electron chi connectivity index (χ2n) is 4.75. The average molecular weight is 238 g/mol. The molecule has 4 heteroatoms. The van der Waals surface area contributed by atoms with Crippen LogP contribution >= 0.6 is 0 Å². The predicted molar refractivity (Wildman–Crippen MR) is 65.9 cm³/mol. The highest BCUT2D eigenvalue weighted by molar-refractivity contribution is 5.46. The average Bonchev–Trinajstić information content (AvgIpc) is 2.71. The predicted octanol–water partition coefficient (Wildman–Crippen LogP) is 1.61. The van der Waals surface area contributed by atoms with Gasteiger partial charge in [-0.3, -0.25) is 4.90 Å². The molecular formula is C13H19FN2O. The molecule has 3 nitrogen and oxygen atoms in total. The van der Waals surface area contributed by atoms with Crippen molar-refractivity contribution < 1.29 is 9.50 Å². The zero-order valence-electron chi connectivity index (χ0n) is 9.90. The van der Waals surface area contributed by atoms with Gasteiger partial charge < -0.3 is 10.8 Å². The van der Waals surface area contributed by atoms with E-state index in [2.05, 4.69) is 4.90 Å². The smallest absolute Gasteiger partial charge is 0.125 e. The van der Waals surface area contributed by atoms with E-state index >= 15 is 0 Å². The minimum absolute atomic E-state index is 0.261. The third-order valence-electron chi connectivity index (χ3n) is 3.41. The molecule has 1 fully saturated rings. The Balaban J connectivity index is 1.93. The van der Waals surface area contributed by atoms with E-state index in [9.17, 15) is 4.39 Å². The summed E-state index contributed by atoms with van der Waals surface area (Å²) in [6, 6.07) is 4.58. The summed E-state index contributed by atoms with van der Waals surface area (Å²) in [7, 11) is 0. The van der Waals surface area contributed by atoms with Crippen LogP contribution in [0.4, 0.5) is 10.1 Å². The zero-order valence-corrected chi connectivity index (χ0v) is 9.90. The Morgan fingerprint density at radius 1 is 1.47 bits per heavy atom. The number of aliphatic hydroxyl groups is 1. The summed E-state index contributed by atoms with van der Waals surface area (Å²) in [4.78, 5) is 2.31. The highest BCUT2D eigenvalue weighted by Gasteiger charge is 2.22. The lowest BCUT2D eigenvalue weighted by Crippen LogP contribution is -2.21. The van der Waals surface area contributed by atoms with E-state index in [0.717, 1.165) is 38.0 Å². The van der Waals surface area contributed by atoms with Gasteiger partial charge in [0.05, 0.1) is 0 Å². The Bertz CT molecular complexity index is 384. The summed E-state index contributed by atoms with van der Waals surface area (Å²) < 4.78 is 12.9. The molecular weight excluding hydrogens is 219 g/mol. The first-order valence-corrected chi connectivity index (χ1v) is 6.06. The SMILES string of the molecule is Nc1cc(F)ccc1CN1CCC(CCO)C1. The maximum atomic E-state index is 12.9. The second kappa shape index (κ2) is 5.47. The fourth-order valence-corrected chi connectivity index (χ4v) is 2.43. The molecule has 0 amide bonds. The van der Waals surface area contributed by atoms with E-state index in [1.165, 1.54) is 12.1 Å². The van der Waals surface area contributed by atoms with Crippen molar-refractivity contribution in [2.75, 3.05) is 25.4 Å². The molecule has 94 valence electrons. The molecule has 1 unspecified atom stereocenters. The van der Waals surface area contributed by atoms with E-state index in [1.54, 1.807) is 6.07 Å². The fourth-order valence-electron chi connectivity index (χ4n) is 2.43. The maximum Gasteiger partial charge on any atom is 0.125 e. The standard InChI is InChI=1S/C13H19FN2O/c14-12-2-1-11(13(15)7-12)9-16-5-3-10(8-16)4-6-17/h1-2,7,10,17H,3-6,8-9,15H2. The van der Waals surface area contributed by atoms with Gasteiger partial charge in [-0.25, -0.2) is 4.39 Å². The van der Waals surface area contributed by atoms with E-state index in [4.69, 9.17) is 10.8 Å². The molecule has 1 heterocycles. The van der Waals surface area contributed by atoms with Gasteiger partial charge in [0.15, 0.2) is 0 Å². The molecule has 0 bridgehead atoms. The van der Waals surface area contributed by atoms with Crippen molar-refractivity contribution >= 4 is 5.69 Å². The summed E-state index contributed by atoms with van der Waals surface area (Å²) >= 11 is 0. The van der Waals surface area contributed by atoms with Gasteiger partial charge in [0, 0.05) is 25.4 Å².